The molecule has 2 unspecified atom stereocenters. The monoisotopic (exact) mass is 467 g/mol. The number of aromatic nitrogens is 3. The third-order valence-corrected chi connectivity index (χ3v) is 6.43. The smallest absolute Gasteiger partial charge is 0.250 e. The predicted octanol–water partition coefficient (Wildman–Crippen LogP) is 4.53. The zero-order chi connectivity index (χ0) is 23.0. The molecular weight excluding hydrogens is 446 g/mol. The van der Waals surface area contributed by atoms with Gasteiger partial charge in [-0.2, -0.15) is 0 Å². The zero-order valence-corrected chi connectivity index (χ0v) is 19.4. The summed E-state index contributed by atoms with van der Waals surface area (Å²) in [6, 6.07) is 6.78. The van der Waals surface area contributed by atoms with Gasteiger partial charge < -0.3 is 20.6 Å². The second-order valence-electron chi connectivity index (χ2n) is 7.76. The maximum absolute atomic E-state index is 13.2. The highest BCUT2D eigenvalue weighted by Crippen LogP contribution is 2.41. The lowest BCUT2D eigenvalue weighted by molar-refractivity contribution is -0.120. The molecule has 2 N–H and O–H groups in total. The van der Waals surface area contributed by atoms with E-state index in [0.29, 0.717) is 27.4 Å². The van der Waals surface area contributed by atoms with Crippen molar-refractivity contribution in [1.82, 2.24) is 15.0 Å². The molecule has 164 valence electrons. The summed E-state index contributed by atoms with van der Waals surface area (Å²) < 4.78 is 0. The molecule has 1 aliphatic heterocycles. The first-order valence-electron chi connectivity index (χ1n) is 10.0. The van der Waals surface area contributed by atoms with Crippen LogP contribution in [0.15, 0.2) is 42.0 Å². The minimum Gasteiger partial charge on any atom is -0.312 e. The Labute approximate surface area is 194 Å². The van der Waals surface area contributed by atoms with Gasteiger partial charge in [0.1, 0.15) is 22.6 Å². The molecule has 0 saturated heterocycles. The number of fused-ring (bicyclic) bond motifs is 1. The molecule has 4 rings (SSSR count). The van der Waals surface area contributed by atoms with Crippen LogP contribution >= 0.6 is 22.9 Å². The quantitative estimate of drug-likeness (QED) is 0.517. The van der Waals surface area contributed by atoms with Crippen LogP contribution in [0.1, 0.15) is 30.6 Å². The van der Waals surface area contributed by atoms with Crippen LogP contribution in [0.4, 0.5) is 17.2 Å². The van der Waals surface area contributed by atoms with Crippen molar-refractivity contribution in [3.05, 3.63) is 57.9 Å². The number of hydrogen-bond acceptors (Lipinski definition) is 8. The van der Waals surface area contributed by atoms with Gasteiger partial charge in [-0.05, 0) is 30.2 Å². The van der Waals surface area contributed by atoms with Crippen molar-refractivity contribution in [2.24, 2.45) is 5.92 Å². The molecule has 2 aromatic heterocycles. The van der Waals surface area contributed by atoms with Crippen LogP contribution in [0, 0.1) is 16.7 Å². The fourth-order valence-corrected chi connectivity index (χ4v) is 4.50. The summed E-state index contributed by atoms with van der Waals surface area (Å²) in [6.45, 7) is 3.98. The molecule has 2 atom stereocenters. The number of halogens is 1. The van der Waals surface area contributed by atoms with E-state index in [2.05, 4.69) is 9.97 Å². The lowest BCUT2D eigenvalue weighted by Gasteiger charge is -2.42. The Morgan fingerprint density at radius 3 is 2.56 bits per heavy atom. The molecular formula is C22H22ClN7OS. The lowest BCUT2D eigenvalue weighted by atomic mass is 9.97. The van der Waals surface area contributed by atoms with Gasteiger partial charge in [0, 0.05) is 35.5 Å². The van der Waals surface area contributed by atoms with Crippen LogP contribution in [0.3, 0.4) is 0 Å². The van der Waals surface area contributed by atoms with E-state index in [1.54, 1.807) is 41.9 Å². The summed E-state index contributed by atoms with van der Waals surface area (Å²) in [6.07, 6.45) is 4.36. The van der Waals surface area contributed by atoms with Gasteiger partial charge in [0.2, 0.25) is 5.91 Å². The zero-order valence-electron chi connectivity index (χ0n) is 17.8. The number of hydrogen-bond donors (Lipinski definition) is 2. The summed E-state index contributed by atoms with van der Waals surface area (Å²) >= 11 is 7.43. The summed E-state index contributed by atoms with van der Waals surface area (Å²) in [7, 11) is 1.71. The Morgan fingerprint density at radius 2 is 1.97 bits per heavy atom. The third-order valence-electron chi connectivity index (χ3n) is 5.37. The molecule has 0 bridgehead atoms. The number of nitrogens with one attached hydrogen (secondary N) is 2. The molecule has 0 aliphatic carbocycles. The Balaban J connectivity index is 1.87. The van der Waals surface area contributed by atoms with Crippen molar-refractivity contribution >= 4 is 58.0 Å². The van der Waals surface area contributed by atoms with Gasteiger partial charge in [-0.15, -0.1) is 11.3 Å². The van der Waals surface area contributed by atoms with Crippen LogP contribution in [-0.4, -0.2) is 45.9 Å². The second kappa shape index (κ2) is 8.76. The number of amides is 1. The van der Waals surface area contributed by atoms with Crippen LogP contribution < -0.4 is 9.80 Å². The van der Waals surface area contributed by atoms with Gasteiger partial charge in [0.25, 0.3) is 0 Å². The van der Waals surface area contributed by atoms with E-state index in [9.17, 15) is 4.79 Å². The van der Waals surface area contributed by atoms with Gasteiger partial charge in [-0.1, -0.05) is 25.4 Å². The molecule has 0 fully saturated rings. The van der Waals surface area contributed by atoms with Gasteiger partial charge in [0.15, 0.2) is 5.82 Å². The predicted molar refractivity (Wildman–Crippen MR) is 128 cm³/mol. The maximum atomic E-state index is 13.2. The van der Waals surface area contributed by atoms with Crippen molar-refractivity contribution < 1.29 is 4.79 Å². The molecule has 8 nitrogen and oxygen atoms in total. The summed E-state index contributed by atoms with van der Waals surface area (Å²) in [5.41, 5.74) is 1.51. The molecule has 0 radical (unpaired) electrons. The minimum absolute atomic E-state index is 0.000606. The van der Waals surface area contributed by atoms with Crippen molar-refractivity contribution in [2.45, 2.75) is 25.8 Å². The topological polar surface area (TPSA) is 110 Å². The van der Waals surface area contributed by atoms with E-state index < -0.39 is 12.0 Å². The molecule has 1 aromatic carbocycles. The fourth-order valence-electron chi connectivity index (χ4n) is 3.75. The number of thiazole rings is 1. The van der Waals surface area contributed by atoms with E-state index in [1.807, 2.05) is 30.9 Å². The molecule has 1 amide bonds. The molecule has 0 spiro atoms. The van der Waals surface area contributed by atoms with E-state index in [1.165, 1.54) is 11.3 Å². The SMILES string of the molecule is CC(C)C1C(=O)N(C)c2cnc(C(C=N)C(=N)c3nccs3)nc2N1c1ccc(Cl)cc1. The van der Waals surface area contributed by atoms with Crippen LogP contribution in [0.25, 0.3) is 0 Å². The number of carbonyl (C=O) groups excluding carboxylic acids is 1. The fraction of sp³-hybridized carbons (Fsp3) is 0.273. The average molecular weight is 468 g/mol. The van der Waals surface area contributed by atoms with Gasteiger partial charge >= 0.3 is 0 Å². The molecule has 1 aliphatic rings. The molecule has 3 aromatic rings. The Morgan fingerprint density at radius 1 is 1.25 bits per heavy atom. The minimum atomic E-state index is -0.751. The van der Waals surface area contributed by atoms with Crippen LogP contribution in [-0.2, 0) is 4.79 Å². The van der Waals surface area contributed by atoms with E-state index >= 15 is 0 Å². The van der Waals surface area contributed by atoms with Crippen LogP contribution in [0.5, 0.6) is 0 Å². The Hall–Kier alpha value is -3.17. The first-order chi connectivity index (χ1) is 15.3. The van der Waals surface area contributed by atoms with E-state index in [0.717, 1.165) is 11.9 Å². The number of likely N-dealkylation sites (N-methyl/N-ethyl adjacent to an activating group) is 1. The van der Waals surface area contributed by atoms with E-state index in [-0.39, 0.29) is 17.5 Å². The molecule has 32 heavy (non-hydrogen) atoms. The van der Waals surface area contributed by atoms with Gasteiger partial charge in [-0.3, -0.25) is 4.79 Å². The van der Waals surface area contributed by atoms with E-state index in [4.69, 9.17) is 27.4 Å². The normalized spacial score (nSPS) is 16.8. The first kappa shape index (κ1) is 22.0. The number of rotatable bonds is 6. The van der Waals surface area contributed by atoms with Crippen molar-refractivity contribution in [1.29, 1.82) is 10.8 Å². The molecule has 0 saturated carbocycles. The standard InChI is InChI=1S/C22H22ClN7OS/c1-12(2)18-22(31)29(3)16-11-27-19(15(10-24)17(25)21-26-8-9-32-21)28-20(16)30(18)14-6-4-13(23)5-7-14/h4-12,15,18,24-25H,1-3H3. The van der Waals surface area contributed by atoms with Crippen molar-refractivity contribution in [3.63, 3.8) is 0 Å². The summed E-state index contributed by atoms with van der Waals surface area (Å²) in [5, 5.41) is 19.3. The average Bonchev–Trinajstić information content (AvgIpc) is 3.32. The highest BCUT2D eigenvalue weighted by molar-refractivity contribution is 7.11. The second-order valence-corrected chi connectivity index (χ2v) is 9.10. The lowest BCUT2D eigenvalue weighted by Crippen LogP contribution is -2.53. The first-order valence-corrected chi connectivity index (χ1v) is 11.3. The van der Waals surface area contributed by atoms with Crippen molar-refractivity contribution in [2.75, 3.05) is 16.8 Å². The summed E-state index contributed by atoms with van der Waals surface area (Å²) in [4.78, 5) is 30.1. The number of anilines is 3. The Kier molecular flexibility index (Phi) is 6.03. The number of carbonyl (C=O) groups is 1. The molecule has 10 heteroatoms. The van der Waals surface area contributed by atoms with Crippen LogP contribution in [0.2, 0.25) is 5.02 Å². The Bertz CT molecular complexity index is 1160. The maximum Gasteiger partial charge on any atom is 0.250 e. The summed E-state index contributed by atoms with van der Waals surface area (Å²) in [5.74, 6) is 0.0521. The number of benzene rings is 1. The largest absolute Gasteiger partial charge is 0.312 e. The van der Waals surface area contributed by atoms with Crippen molar-refractivity contribution in [3.8, 4) is 0 Å². The van der Waals surface area contributed by atoms with Gasteiger partial charge in [0.05, 0.1) is 17.8 Å². The highest BCUT2D eigenvalue weighted by Gasteiger charge is 2.41. The van der Waals surface area contributed by atoms with Gasteiger partial charge in [-0.25, -0.2) is 15.0 Å². The third kappa shape index (κ3) is 3.78. The highest BCUT2D eigenvalue weighted by atomic mass is 35.5. The molecule has 3 heterocycles. The number of nitrogens with zero attached hydrogens (tertiary/aromatic N) is 5.